The van der Waals surface area contributed by atoms with Crippen LogP contribution in [0.3, 0.4) is 0 Å². The largest absolute Gasteiger partial charge is 0.494 e. The number of rotatable bonds is 5. The van der Waals surface area contributed by atoms with Crippen LogP contribution in [0.1, 0.15) is 13.3 Å². The van der Waals surface area contributed by atoms with E-state index in [1.54, 1.807) is 14.0 Å². The molecule has 0 fully saturated rings. The molecule has 0 N–H and O–H groups in total. The number of esters is 1. The molecule has 0 saturated heterocycles. The summed E-state index contributed by atoms with van der Waals surface area (Å²) >= 11 is 0. The summed E-state index contributed by atoms with van der Waals surface area (Å²) in [6, 6.07) is 0. The first-order valence-electron chi connectivity index (χ1n) is 5.50. The summed E-state index contributed by atoms with van der Waals surface area (Å²) in [6.45, 7) is 3.19. The van der Waals surface area contributed by atoms with Crippen LogP contribution in [0.25, 0.3) is 0 Å². The number of carbonyl (C=O) groups excluding carboxylic acids is 2. The molecule has 1 rings (SSSR count). The van der Waals surface area contributed by atoms with Gasteiger partial charge in [-0.3, -0.25) is 9.59 Å². The molecular formula is C11H17NO5. The summed E-state index contributed by atoms with van der Waals surface area (Å²) in [7, 11) is 1.60. The van der Waals surface area contributed by atoms with Crippen molar-refractivity contribution in [1.82, 2.24) is 4.90 Å². The summed E-state index contributed by atoms with van der Waals surface area (Å²) in [5.74, 6) is -0.446. The van der Waals surface area contributed by atoms with Gasteiger partial charge in [0.05, 0.1) is 13.0 Å². The molecule has 17 heavy (non-hydrogen) atoms. The maximum absolute atomic E-state index is 11.8. The molecule has 0 radical (unpaired) electrons. The van der Waals surface area contributed by atoms with E-state index in [0.717, 1.165) is 0 Å². The predicted octanol–water partition coefficient (Wildman–Crippen LogP) is 0.286. The van der Waals surface area contributed by atoms with Crippen LogP contribution in [-0.2, 0) is 23.8 Å². The van der Waals surface area contributed by atoms with Crippen molar-refractivity contribution in [1.29, 1.82) is 0 Å². The third-order valence-electron chi connectivity index (χ3n) is 2.16. The Morgan fingerprint density at radius 2 is 2.24 bits per heavy atom. The molecule has 6 heteroatoms. The Bertz CT molecular complexity index is 313. The molecular weight excluding hydrogens is 226 g/mol. The highest BCUT2D eigenvalue weighted by atomic mass is 16.6. The van der Waals surface area contributed by atoms with Crippen molar-refractivity contribution in [3.05, 3.63) is 12.0 Å². The number of hydrogen-bond donors (Lipinski definition) is 0. The van der Waals surface area contributed by atoms with Gasteiger partial charge in [-0.1, -0.05) is 0 Å². The maximum atomic E-state index is 11.8. The molecule has 1 heterocycles. The average molecular weight is 243 g/mol. The molecule has 0 aromatic heterocycles. The number of hydrogen-bond acceptors (Lipinski definition) is 5. The van der Waals surface area contributed by atoms with Crippen LogP contribution in [0.4, 0.5) is 0 Å². The number of ether oxygens (including phenoxy) is 3. The van der Waals surface area contributed by atoms with Gasteiger partial charge in [-0.05, 0) is 6.92 Å². The predicted molar refractivity (Wildman–Crippen MR) is 58.9 cm³/mol. The fourth-order valence-electron chi connectivity index (χ4n) is 1.26. The van der Waals surface area contributed by atoms with E-state index in [1.807, 2.05) is 0 Å². The molecule has 1 amide bonds. The van der Waals surface area contributed by atoms with Crippen molar-refractivity contribution < 1.29 is 23.8 Å². The van der Waals surface area contributed by atoms with Crippen LogP contribution in [0.15, 0.2) is 12.0 Å². The lowest BCUT2D eigenvalue weighted by Crippen LogP contribution is -2.32. The molecule has 1 aliphatic heterocycles. The maximum Gasteiger partial charge on any atom is 0.307 e. The van der Waals surface area contributed by atoms with Crippen LogP contribution in [0, 0.1) is 0 Å². The summed E-state index contributed by atoms with van der Waals surface area (Å²) in [6.07, 6.45) is 1.47. The second-order valence-corrected chi connectivity index (χ2v) is 3.48. The lowest BCUT2D eigenvalue weighted by Gasteiger charge is -2.20. The van der Waals surface area contributed by atoms with E-state index in [2.05, 4.69) is 0 Å². The van der Waals surface area contributed by atoms with Crippen LogP contribution >= 0.6 is 0 Å². The SMILES string of the molecule is CCOC(=O)CCN(C)C(=O)C1=COCCO1. The van der Waals surface area contributed by atoms with E-state index in [-0.39, 0.29) is 24.1 Å². The molecule has 0 atom stereocenters. The lowest BCUT2D eigenvalue weighted by molar-refractivity contribution is -0.144. The van der Waals surface area contributed by atoms with E-state index < -0.39 is 0 Å². The van der Waals surface area contributed by atoms with Crippen molar-refractivity contribution in [2.75, 3.05) is 33.4 Å². The minimum atomic E-state index is -0.318. The Labute approximate surface area is 100 Å². The first kappa shape index (κ1) is 13.3. The smallest absolute Gasteiger partial charge is 0.307 e. The van der Waals surface area contributed by atoms with E-state index in [0.29, 0.717) is 26.4 Å². The zero-order valence-corrected chi connectivity index (χ0v) is 10.1. The molecule has 0 aliphatic carbocycles. The fraction of sp³-hybridized carbons (Fsp3) is 0.636. The number of nitrogens with zero attached hydrogens (tertiary/aromatic N) is 1. The summed E-state index contributed by atoms with van der Waals surface area (Å²) in [5.41, 5.74) is 0. The Morgan fingerprint density at radius 1 is 1.47 bits per heavy atom. The topological polar surface area (TPSA) is 65.1 Å². The minimum Gasteiger partial charge on any atom is -0.494 e. The lowest BCUT2D eigenvalue weighted by atomic mass is 10.3. The van der Waals surface area contributed by atoms with Gasteiger partial charge in [0.2, 0.25) is 5.76 Å². The highest BCUT2D eigenvalue weighted by Gasteiger charge is 2.19. The second kappa shape index (κ2) is 6.78. The van der Waals surface area contributed by atoms with Crippen molar-refractivity contribution in [3.8, 4) is 0 Å². The summed E-state index contributed by atoms with van der Waals surface area (Å²) in [5, 5.41) is 0. The van der Waals surface area contributed by atoms with E-state index >= 15 is 0 Å². The van der Waals surface area contributed by atoms with Crippen molar-refractivity contribution in [2.45, 2.75) is 13.3 Å². The highest BCUT2D eigenvalue weighted by Crippen LogP contribution is 2.07. The van der Waals surface area contributed by atoms with Gasteiger partial charge >= 0.3 is 5.97 Å². The first-order chi connectivity index (χ1) is 8.15. The Balaban J connectivity index is 2.36. The molecule has 1 aliphatic rings. The van der Waals surface area contributed by atoms with Crippen molar-refractivity contribution in [2.24, 2.45) is 0 Å². The molecule has 0 aromatic rings. The first-order valence-corrected chi connectivity index (χ1v) is 5.50. The van der Waals surface area contributed by atoms with Gasteiger partial charge in [0, 0.05) is 13.6 Å². The second-order valence-electron chi connectivity index (χ2n) is 3.48. The van der Waals surface area contributed by atoms with Gasteiger partial charge in [0.1, 0.15) is 19.5 Å². The minimum absolute atomic E-state index is 0.169. The number of amides is 1. The van der Waals surface area contributed by atoms with Crippen LogP contribution in [0.5, 0.6) is 0 Å². The Morgan fingerprint density at radius 3 is 2.82 bits per heavy atom. The average Bonchev–Trinajstić information content (AvgIpc) is 2.36. The van der Waals surface area contributed by atoms with Crippen LogP contribution in [-0.4, -0.2) is 50.2 Å². The molecule has 96 valence electrons. The fourth-order valence-corrected chi connectivity index (χ4v) is 1.26. The highest BCUT2D eigenvalue weighted by molar-refractivity contribution is 5.91. The van der Waals surface area contributed by atoms with Gasteiger partial charge in [-0.15, -0.1) is 0 Å². The third-order valence-corrected chi connectivity index (χ3v) is 2.16. The van der Waals surface area contributed by atoms with Gasteiger partial charge in [0.25, 0.3) is 5.91 Å². The molecule has 0 unspecified atom stereocenters. The third kappa shape index (κ3) is 4.34. The summed E-state index contributed by atoms with van der Waals surface area (Å²) in [4.78, 5) is 24.3. The van der Waals surface area contributed by atoms with Gasteiger partial charge in [-0.25, -0.2) is 0 Å². The molecule has 6 nitrogen and oxygen atoms in total. The molecule has 0 saturated carbocycles. The quantitative estimate of drug-likeness (QED) is 0.649. The Kier molecular flexibility index (Phi) is 5.32. The molecule has 0 bridgehead atoms. The van der Waals surface area contributed by atoms with Gasteiger partial charge in [-0.2, -0.15) is 0 Å². The van der Waals surface area contributed by atoms with E-state index in [1.165, 1.54) is 11.2 Å². The van der Waals surface area contributed by atoms with E-state index in [9.17, 15) is 9.59 Å². The Hall–Kier alpha value is -1.72. The molecule has 0 spiro atoms. The number of carbonyl (C=O) groups is 2. The number of likely N-dealkylation sites (N-methyl/N-ethyl adjacent to an activating group) is 1. The normalized spacial score (nSPS) is 14.1. The monoisotopic (exact) mass is 243 g/mol. The standard InChI is InChI=1S/C11H17NO5/c1-3-16-10(13)4-5-12(2)11(14)9-8-15-6-7-17-9/h8H,3-7H2,1-2H3. The van der Waals surface area contributed by atoms with Crippen molar-refractivity contribution in [3.63, 3.8) is 0 Å². The van der Waals surface area contributed by atoms with Gasteiger partial charge in [0.15, 0.2) is 0 Å². The zero-order valence-electron chi connectivity index (χ0n) is 10.1. The molecule has 0 aromatic carbocycles. The van der Waals surface area contributed by atoms with Crippen LogP contribution < -0.4 is 0 Å². The van der Waals surface area contributed by atoms with Crippen molar-refractivity contribution >= 4 is 11.9 Å². The van der Waals surface area contributed by atoms with Gasteiger partial charge < -0.3 is 19.1 Å². The summed E-state index contributed by atoms with van der Waals surface area (Å²) < 4.78 is 14.9. The van der Waals surface area contributed by atoms with Crippen LogP contribution in [0.2, 0.25) is 0 Å². The van der Waals surface area contributed by atoms with E-state index in [4.69, 9.17) is 14.2 Å². The zero-order chi connectivity index (χ0) is 12.7.